The van der Waals surface area contributed by atoms with Gasteiger partial charge in [-0.25, -0.2) is 5.43 Å². The van der Waals surface area contributed by atoms with Crippen LogP contribution in [0.5, 0.6) is 5.75 Å². The summed E-state index contributed by atoms with van der Waals surface area (Å²) in [5.74, 6) is 0.771. The monoisotopic (exact) mass is 452 g/mol. The number of nitrogens with one attached hydrogen (secondary N) is 1. The average molecular weight is 453 g/mol. The summed E-state index contributed by atoms with van der Waals surface area (Å²) < 4.78 is 9.04. The molecule has 2 aromatic carbocycles. The third kappa shape index (κ3) is 4.86. The first-order chi connectivity index (χ1) is 15.2. The quantitative estimate of drug-likeness (QED) is 0.344. The fourth-order valence-electron chi connectivity index (χ4n) is 2.85. The molecule has 0 bridgehead atoms. The van der Waals surface area contributed by atoms with E-state index in [0.29, 0.717) is 9.96 Å². The van der Waals surface area contributed by atoms with Crippen molar-refractivity contribution in [2.24, 2.45) is 12.1 Å². The number of hydrogen-bond donors (Lipinski definition) is 1. The number of aryl methyl sites for hydroxylation is 1. The van der Waals surface area contributed by atoms with E-state index in [4.69, 9.17) is 4.74 Å². The molecule has 0 radical (unpaired) electrons. The Balaban J connectivity index is 1.61. The first-order valence-corrected chi connectivity index (χ1v) is 11.2. The first-order valence-electron chi connectivity index (χ1n) is 9.35. The van der Waals surface area contributed by atoms with Crippen molar-refractivity contribution in [3.63, 3.8) is 0 Å². The summed E-state index contributed by atoms with van der Waals surface area (Å²) in [6, 6.07) is 17.8. The number of nitrogens with zero attached hydrogens (tertiary/aromatic N) is 5. The van der Waals surface area contributed by atoms with Crippen LogP contribution >= 0.6 is 23.1 Å². The number of thioether (sulfide) groups is 1. The van der Waals surface area contributed by atoms with E-state index in [-0.39, 0.29) is 11.7 Å². The molecule has 4 rings (SSSR count). The van der Waals surface area contributed by atoms with Crippen molar-refractivity contribution in [1.82, 2.24) is 24.8 Å². The Bertz CT molecular complexity index is 1230. The molecule has 2 heterocycles. The average Bonchev–Trinajstić information content (AvgIpc) is 3.42. The maximum absolute atomic E-state index is 12.3. The molecular weight excluding hydrogens is 432 g/mol. The predicted octanol–water partition coefficient (Wildman–Crippen LogP) is 3.07. The molecule has 10 heteroatoms. The molecule has 0 aliphatic rings. The van der Waals surface area contributed by atoms with Gasteiger partial charge in [0.1, 0.15) is 12.1 Å². The molecule has 0 spiro atoms. The molecule has 0 atom stereocenters. The minimum atomic E-state index is -0.216. The van der Waals surface area contributed by atoms with Gasteiger partial charge in [0.25, 0.3) is 5.91 Å². The van der Waals surface area contributed by atoms with E-state index in [1.54, 1.807) is 18.0 Å². The maximum atomic E-state index is 12.3. The lowest BCUT2D eigenvalue weighted by Crippen LogP contribution is -2.25. The van der Waals surface area contributed by atoms with Crippen molar-refractivity contribution in [3.8, 4) is 22.7 Å². The molecule has 0 aliphatic carbocycles. The molecule has 31 heavy (non-hydrogen) atoms. The summed E-state index contributed by atoms with van der Waals surface area (Å²) in [6.07, 6.45) is 1.60. The summed E-state index contributed by atoms with van der Waals surface area (Å²) in [5.41, 5.74) is 5.60. The summed E-state index contributed by atoms with van der Waals surface area (Å²) in [4.78, 5) is 13.0. The SMILES string of the molecule is COc1ccc(-c2cs/c(=N/NC(=O)CSc3nncn3C)n2-c2ccccc2)cc1. The highest BCUT2D eigenvalue weighted by Gasteiger charge is 2.11. The van der Waals surface area contributed by atoms with Crippen LogP contribution in [0.4, 0.5) is 0 Å². The lowest BCUT2D eigenvalue weighted by molar-refractivity contribution is -0.118. The molecule has 158 valence electrons. The molecule has 2 aromatic heterocycles. The number of hydrogen-bond acceptors (Lipinski definition) is 7. The molecular formula is C21H20N6O2S2. The van der Waals surface area contributed by atoms with Crippen LogP contribution in [-0.4, -0.2) is 38.1 Å². The zero-order chi connectivity index (χ0) is 21.6. The van der Waals surface area contributed by atoms with E-state index < -0.39 is 0 Å². The van der Waals surface area contributed by atoms with E-state index in [1.807, 2.05) is 71.6 Å². The molecule has 0 saturated heterocycles. The Kier molecular flexibility index (Phi) is 6.48. The van der Waals surface area contributed by atoms with Gasteiger partial charge in [-0.05, 0) is 42.0 Å². The normalized spacial score (nSPS) is 11.5. The van der Waals surface area contributed by atoms with E-state index in [0.717, 1.165) is 22.7 Å². The third-order valence-electron chi connectivity index (χ3n) is 4.39. The number of carbonyl (C=O) groups is 1. The molecule has 0 saturated carbocycles. The first kappa shape index (κ1) is 20.9. The van der Waals surface area contributed by atoms with Crippen LogP contribution in [0.1, 0.15) is 0 Å². The second-order valence-electron chi connectivity index (χ2n) is 6.46. The van der Waals surface area contributed by atoms with Crippen LogP contribution in [0.3, 0.4) is 0 Å². The Morgan fingerprint density at radius 1 is 1.19 bits per heavy atom. The number of para-hydroxylation sites is 1. The van der Waals surface area contributed by atoms with Gasteiger partial charge < -0.3 is 9.30 Å². The van der Waals surface area contributed by atoms with E-state index in [1.165, 1.54) is 23.1 Å². The molecule has 8 nitrogen and oxygen atoms in total. The van der Waals surface area contributed by atoms with Crippen LogP contribution < -0.4 is 15.0 Å². The summed E-state index contributed by atoms with van der Waals surface area (Å²) in [6.45, 7) is 0. The second kappa shape index (κ2) is 9.63. The predicted molar refractivity (Wildman–Crippen MR) is 121 cm³/mol. The molecule has 1 amide bonds. The van der Waals surface area contributed by atoms with Crippen LogP contribution in [-0.2, 0) is 11.8 Å². The van der Waals surface area contributed by atoms with Crippen molar-refractivity contribution in [2.45, 2.75) is 5.16 Å². The summed E-state index contributed by atoms with van der Waals surface area (Å²) in [7, 11) is 3.48. The number of benzene rings is 2. The van der Waals surface area contributed by atoms with Crippen molar-refractivity contribution < 1.29 is 9.53 Å². The Morgan fingerprint density at radius 2 is 1.97 bits per heavy atom. The maximum Gasteiger partial charge on any atom is 0.250 e. The molecule has 1 N–H and O–H groups in total. The minimum absolute atomic E-state index is 0.193. The fraction of sp³-hybridized carbons (Fsp3) is 0.143. The largest absolute Gasteiger partial charge is 0.497 e. The van der Waals surface area contributed by atoms with Crippen molar-refractivity contribution in [2.75, 3.05) is 12.9 Å². The van der Waals surface area contributed by atoms with Gasteiger partial charge in [0.05, 0.1) is 18.6 Å². The number of rotatable bonds is 7. The zero-order valence-electron chi connectivity index (χ0n) is 16.9. The van der Waals surface area contributed by atoms with Gasteiger partial charge in [-0.15, -0.1) is 26.6 Å². The van der Waals surface area contributed by atoms with Crippen LogP contribution in [0, 0.1) is 0 Å². The van der Waals surface area contributed by atoms with E-state index in [2.05, 4.69) is 20.7 Å². The van der Waals surface area contributed by atoms with Gasteiger partial charge in [-0.2, -0.15) is 0 Å². The van der Waals surface area contributed by atoms with Gasteiger partial charge in [0.2, 0.25) is 4.80 Å². The topological polar surface area (TPSA) is 86.3 Å². The highest BCUT2D eigenvalue weighted by Crippen LogP contribution is 2.25. The molecule has 0 fully saturated rings. The van der Waals surface area contributed by atoms with Crippen LogP contribution in [0.2, 0.25) is 0 Å². The molecule has 0 aliphatic heterocycles. The molecule has 4 aromatic rings. The van der Waals surface area contributed by atoms with Crippen molar-refractivity contribution >= 4 is 29.0 Å². The Morgan fingerprint density at radius 3 is 2.65 bits per heavy atom. The third-order valence-corrected chi connectivity index (χ3v) is 6.25. The lowest BCUT2D eigenvalue weighted by atomic mass is 10.1. The van der Waals surface area contributed by atoms with Gasteiger partial charge in [0, 0.05) is 18.1 Å². The zero-order valence-corrected chi connectivity index (χ0v) is 18.6. The van der Waals surface area contributed by atoms with Crippen LogP contribution in [0.15, 0.2) is 76.6 Å². The number of aromatic nitrogens is 4. The van der Waals surface area contributed by atoms with E-state index in [9.17, 15) is 4.79 Å². The van der Waals surface area contributed by atoms with Gasteiger partial charge >= 0.3 is 0 Å². The standard InChI is InChI=1S/C21H20N6O2S2/c1-26-14-22-24-20(26)31-13-19(28)23-25-21-27(16-6-4-3-5-7-16)18(12-30-21)15-8-10-17(29-2)11-9-15/h3-12,14H,13H2,1-2H3,(H,23,28)/b25-21+. The van der Waals surface area contributed by atoms with Gasteiger partial charge in [0.15, 0.2) is 5.16 Å². The minimum Gasteiger partial charge on any atom is -0.497 e. The number of methoxy groups -OCH3 is 1. The van der Waals surface area contributed by atoms with Crippen molar-refractivity contribution in [1.29, 1.82) is 0 Å². The number of thiazole rings is 1. The fourth-order valence-corrected chi connectivity index (χ4v) is 4.40. The highest BCUT2D eigenvalue weighted by molar-refractivity contribution is 7.99. The Labute approximate surface area is 187 Å². The van der Waals surface area contributed by atoms with Crippen LogP contribution in [0.25, 0.3) is 16.9 Å². The lowest BCUT2D eigenvalue weighted by Gasteiger charge is -2.10. The smallest absolute Gasteiger partial charge is 0.250 e. The van der Waals surface area contributed by atoms with Gasteiger partial charge in [-0.1, -0.05) is 30.0 Å². The highest BCUT2D eigenvalue weighted by atomic mass is 32.2. The van der Waals surface area contributed by atoms with Gasteiger partial charge in [-0.3, -0.25) is 9.36 Å². The summed E-state index contributed by atoms with van der Waals surface area (Å²) >= 11 is 2.76. The number of carbonyl (C=O) groups excluding carboxylic acids is 1. The van der Waals surface area contributed by atoms with Crippen molar-refractivity contribution in [3.05, 3.63) is 71.1 Å². The van der Waals surface area contributed by atoms with E-state index >= 15 is 0 Å². The second-order valence-corrected chi connectivity index (χ2v) is 8.24. The Hall–Kier alpha value is -3.37. The summed E-state index contributed by atoms with van der Waals surface area (Å²) in [5, 5.41) is 14.9. The number of amides is 1. The number of ether oxygens (including phenoxy) is 1. The molecule has 0 unspecified atom stereocenters.